The minimum Gasteiger partial charge on any atom is -0.312 e. The van der Waals surface area contributed by atoms with Gasteiger partial charge in [0.2, 0.25) is 0 Å². The molecule has 1 N–H and O–H groups in total. The van der Waals surface area contributed by atoms with Crippen molar-refractivity contribution >= 4 is 33.4 Å². The van der Waals surface area contributed by atoms with Crippen LogP contribution in [0.3, 0.4) is 0 Å². The summed E-state index contributed by atoms with van der Waals surface area (Å²) in [7, 11) is 0. The van der Waals surface area contributed by atoms with Crippen LogP contribution < -0.4 is 5.32 Å². The lowest BCUT2D eigenvalue weighted by Crippen LogP contribution is -2.22. The quantitative estimate of drug-likeness (QED) is 0.664. The van der Waals surface area contributed by atoms with Gasteiger partial charge in [0.1, 0.15) is 0 Å². The van der Waals surface area contributed by atoms with Crippen molar-refractivity contribution < 1.29 is 4.92 Å². The van der Waals surface area contributed by atoms with Gasteiger partial charge in [-0.25, -0.2) is 0 Å². The zero-order chi connectivity index (χ0) is 13.0. The Labute approximate surface area is 119 Å². The summed E-state index contributed by atoms with van der Waals surface area (Å²) >= 11 is 5.20. The van der Waals surface area contributed by atoms with Gasteiger partial charge in [-0.3, -0.25) is 10.1 Å². The maximum Gasteiger partial charge on any atom is 0.283 e. The molecule has 0 spiro atoms. The summed E-state index contributed by atoms with van der Waals surface area (Å²) < 4.78 is 0.530. The number of hydrogen-bond donors (Lipinski definition) is 1. The first-order chi connectivity index (χ1) is 8.66. The van der Waals surface area contributed by atoms with Crippen LogP contribution in [0.15, 0.2) is 22.7 Å². The van der Waals surface area contributed by atoms with Gasteiger partial charge in [-0.2, -0.15) is 11.8 Å². The number of nitrogens with zero attached hydrogens (tertiary/aromatic N) is 1. The van der Waals surface area contributed by atoms with Crippen LogP contribution in [0.4, 0.5) is 5.69 Å². The Morgan fingerprint density at radius 3 is 3.06 bits per heavy atom. The Morgan fingerprint density at radius 2 is 2.39 bits per heavy atom. The third-order valence-corrected chi connectivity index (χ3v) is 5.00. The second-order valence-electron chi connectivity index (χ2n) is 4.31. The average molecular weight is 331 g/mol. The third-order valence-electron chi connectivity index (χ3n) is 2.93. The fourth-order valence-electron chi connectivity index (χ4n) is 1.99. The second-order valence-corrected chi connectivity index (χ2v) is 6.57. The first-order valence-electron chi connectivity index (χ1n) is 5.92. The molecule has 4 nitrogen and oxygen atoms in total. The van der Waals surface area contributed by atoms with E-state index in [9.17, 15) is 10.1 Å². The molecule has 1 unspecified atom stereocenters. The molecule has 0 amide bonds. The smallest absolute Gasteiger partial charge is 0.283 e. The van der Waals surface area contributed by atoms with Crippen molar-refractivity contribution in [2.75, 3.05) is 12.3 Å². The lowest BCUT2D eigenvalue weighted by atomic mass is 10.2. The van der Waals surface area contributed by atoms with Gasteiger partial charge in [0.15, 0.2) is 0 Å². The highest BCUT2D eigenvalue weighted by Crippen LogP contribution is 2.26. The first kappa shape index (κ1) is 13.8. The van der Waals surface area contributed by atoms with Crippen LogP contribution >= 0.6 is 27.7 Å². The minimum atomic E-state index is -0.361. The van der Waals surface area contributed by atoms with Gasteiger partial charge in [0, 0.05) is 24.4 Å². The van der Waals surface area contributed by atoms with E-state index in [4.69, 9.17) is 0 Å². The molecule has 0 bridgehead atoms. The molecule has 1 aromatic carbocycles. The fourth-order valence-corrected chi connectivity index (χ4v) is 3.62. The lowest BCUT2D eigenvalue weighted by Gasteiger charge is -2.10. The zero-order valence-electron chi connectivity index (χ0n) is 9.89. The fraction of sp³-hybridized carbons (Fsp3) is 0.500. The summed E-state index contributed by atoms with van der Waals surface area (Å²) in [4.78, 5) is 10.4. The van der Waals surface area contributed by atoms with E-state index in [1.165, 1.54) is 18.6 Å². The molecule has 98 valence electrons. The van der Waals surface area contributed by atoms with Gasteiger partial charge in [0.05, 0.1) is 9.40 Å². The largest absolute Gasteiger partial charge is 0.312 e. The van der Waals surface area contributed by atoms with Gasteiger partial charge in [-0.05, 0) is 46.2 Å². The average Bonchev–Trinajstić information content (AvgIpc) is 2.84. The first-order valence-corrected chi connectivity index (χ1v) is 7.76. The molecular weight excluding hydrogens is 316 g/mol. The number of nitro benzene ring substituents is 1. The van der Waals surface area contributed by atoms with Crippen molar-refractivity contribution in [2.24, 2.45) is 0 Å². The van der Waals surface area contributed by atoms with Crippen molar-refractivity contribution in [1.29, 1.82) is 0 Å². The van der Waals surface area contributed by atoms with Crippen LogP contribution in [-0.2, 0) is 6.54 Å². The highest BCUT2D eigenvalue weighted by Gasteiger charge is 2.15. The third kappa shape index (κ3) is 3.70. The van der Waals surface area contributed by atoms with Crippen LogP contribution in [0.2, 0.25) is 0 Å². The number of halogens is 1. The minimum absolute atomic E-state index is 0.129. The van der Waals surface area contributed by atoms with Gasteiger partial charge >= 0.3 is 0 Å². The van der Waals surface area contributed by atoms with Crippen molar-refractivity contribution in [3.63, 3.8) is 0 Å². The van der Waals surface area contributed by atoms with Gasteiger partial charge in [-0.15, -0.1) is 0 Å². The van der Waals surface area contributed by atoms with Crippen LogP contribution in [0, 0.1) is 10.1 Å². The van der Waals surface area contributed by atoms with Crippen LogP contribution in [0.1, 0.15) is 18.4 Å². The monoisotopic (exact) mass is 330 g/mol. The van der Waals surface area contributed by atoms with Crippen LogP contribution in [-0.4, -0.2) is 22.5 Å². The molecule has 1 heterocycles. The molecule has 1 atom stereocenters. The molecule has 6 heteroatoms. The normalized spacial score (nSPS) is 19.1. The van der Waals surface area contributed by atoms with Crippen molar-refractivity contribution in [3.8, 4) is 0 Å². The second kappa shape index (κ2) is 6.54. The molecule has 1 fully saturated rings. The summed E-state index contributed by atoms with van der Waals surface area (Å²) in [5.41, 5.74) is 1.08. The molecule has 2 rings (SSSR count). The molecule has 0 aliphatic carbocycles. The maximum absolute atomic E-state index is 10.8. The van der Waals surface area contributed by atoms with Crippen molar-refractivity contribution in [2.45, 2.75) is 24.6 Å². The molecular formula is C12H15BrN2O2S. The number of thioether (sulfide) groups is 1. The standard InChI is InChI=1S/C12H15BrN2O2S/c13-11-4-3-9(6-12(11)15(16)17)7-14-8-10-2-1-5-18-10/h3-4,6,10,14H,1-2,5,7-8H2. The summed E-state index contributed by atoms with van der Waals surface area (Å²) in [6.07, 6.45) is 2.58. The Balaban J connectivity index is 1.88. The molecule has 18 heavy (non-hydrogen) atoms. The molecule has 1 aliphatic rings. The number of hydrogen-bond acceptors (Lipinski definition) is 4. The number of nitro groups is 1. The van der Waals surface area contributed by atoms with Gasteiger partial charge < -0.3 is 5.32 Å². The van der Waals surface area contributed by atoms with E-state index < -0.39 is 0 Å². The van der Waals surface area contributed by atoms with Gasteiger partial charge in [0.25, 0.3) is 5.69 Å². The Hall–Kier alpha value is -0.590. The van der Waals surface area contributed by atoms with Crippen LogP contribution in [0.5, 0.6) is 0 Å². The molecule has 1 saturated heterocycles. The number of benzene rings is 1. The topological polar surface area (TPSA) is 55.2 Å². The van der Waals surface area contributed by atoms with Crippen molar-refractivity contribution in [3.05, 3.63) is 38.3 Å². The van der Waals surface area contributed by atoms with E-state index in [0.717, 1.165) is 12.1 Å². The van der Waals surface area contributed by atoms with Crippen molar-refractivity contribution in [1.82, 2.24) is 5.32 Å². The maximum atomic E-state index is 10.8. The molecule has 0 saturated carbocycles. The number of rotatable bonds is 5. The zero-order valence-corrected chi connectivity index (χ0v) is 12.3. The Bertz CT molecular complexity index is 436. The predicted octanol–water partition coefficient (Wildman–Crippen LogP) is 3.34. The summed E-state index contributed by atoms with van der Waals surface area (Å²) in [6, 6.07) is 5.27. The SMILES string of the molecule is O=[N+]([O-])c1cc(CNCC2CCCS2)ccc1Br. The lowest BCUT2D eigenvalue weighted by molar-refractivity contribution is -0.385. The van der Waals surface area contributed by atoms with E-state index in [0.29, 0.717) is 16.3 Å². The van der Waals surface area contributed by atoms with E-state index in [1.807, 2.05) is 17.8 Å². The predicted molar refractivity (Wildman–Crippen MR) is 78.0 cm³/mol. The number of nitrogens with one attached hydrogen (secondary N) is 1. The van der Waals surface area contributed by atoms with E-state index in [2.05, 4.69) is 21.2 Å². The van der Waals surface area contributed by atoms with E-state index >= 15 is 0 Å². The van der Waals surface area contributed by atoms with Crippen LogP contribution in [0.25, 0.3) is 0 Å². The Kier molecular flexibility index (Phi) is 5.03. The Morgan fingerprint density at radius 1 is 1.56 bits per heavy atom. The molecule has 0 radical (unpaired) electrons. The summed E-state index contributed by atoms with van der Waals surface area (Å²) in [5.74, 6) is 1.26. The summed E-state index contributed by atoms with van der Waals surface area (Å²) in [5, 5.41) is 14.9. The van der Waals surface area contributed by atoms with Gasteiger partial charge in [-0.1, -0.05) is 6.07 Å². The van der Waals surface area contributed by atoms with E-state index in [-0.39, 0.29) is 10.6 Å². The highest BCUT2D eigenvalue weighted by molar-refractivity contribution is 9.10. The molecule has 1 aromatic rings. The summed E-state index contributed by atoms with van der Waals surface area (Å²) in [6.45, 7) is 1.67. The van der Waals surface area contributed by atoms with E-state index in [1.54, 1.807) is 12.1 Å². The molecule has 1 aliphatic heterocycles. The highest BCUT2D eigenvalue weighted by atomic mass is 79.9. The molecule has 0 aromatic heterocycles.